The Morgan fingerprint density at radius 1 is 1.25 bits per heavy atom. The maximum Gasteiger partial charge on any atom is 0.135 e. The van der Waals surface area contributed by atoms with Crippen molar-refractivity contribution in [2.24, 2.45) is 0 Å². The van der Waals surface area contributed by atoms with Crippen LogP contribution in [-0.4, -0.2) is 30.2 Å². The van der Waals surface area contributed by atoms with Crippen LogP contribution in [0.1, 0.15) is 30.6 Å². The highest BCUT2D eigenvalue weighted by atomic mass is 16.5. The van der Waals surface area contributed by atoms with Gasteiger partial charge in [0.25, 0.3) is 0 Å². The van der Waals surface area contributed by atoms with Crippen LogP contribution in [0.15, 0.2) is 22.6 Å². The van der Waals surface area contributed by atoms with Crippen LogP contribution in [0.4, 0.5) is 0 Å². The Morgan fingerprint density at radius 2 is 2.05 bits per heavy atom. The maximum absolute atomic E-state index is 9.68. The number of aliphatic hydroxyl groups excluding tert-OH is 1. The summed E-state index contributed by atoms with van der Waals surface area (Å²) >= 11 is 0. The fourth-order valence-electron chi connectivity index (χ4n) is 2.93. The van der Waals surface area contributed by atoms with E-state index in [9.17, 15) is 5.11 Å². The summed E-state index contributed by atoms with van der Waals surface area (Å²) in [5, 5.41) is 10.6. The minimum Gasteiger partial charge on any atom is -0.497 e. The lowest BCUT2D eigenvalue weighted by atomic mass is 10.1. The molecule has 0 bridgehead atoms. The van der Waals surface area contributed by atoms with Crippen LogP contribution < -0.4 is 4.74 Å². The Labute approximate surface area is 118 Å². The molecule has 1 aromatic heterocycles. The lowest BCUT2D eigenvalue weighted by Gasteiger charge is -2.25. The summed E-state index contributed by atoms with van der Waals surface area (Å²) in [5.74, 6) is 1.68. The van der Waals surface area contributed by atoms with Crippen molar-refractivity contribution in [2.45, 2.75) is 32.4 Å². The van der Waals surface area contributed by atoms with E-state index in [-0.39, 0.29) is 6.61 Å². The Balaban J connectivity index is 1.93. The third-order valence-electron chi connectivity index (χ3n) is 4.06. The van der Waals surface area contributed by atoms with Gasteiger partial charge in [-0.25, -0.2) is 0 Å². The van der Waals surface area contributed by atoms with Crippen LogP contribution in [0.3, 0.4) is 0 Å². The summed E-state index contributed by atoms with van der Waals surface area (Å²) in [5.41, 5.74) is 1.71. The molecule has 4 heteroatoms. The maximum atomic E-state index is 9.68. The van der Waals surface area contributed by atoms with Gasteiger partial charge in [0.2, 0.25) is 0 Å². The van der Waals surface area contributed by atoms with Gasteiger partial charge in [0.1, 0.15) is 17.1 Å². The molecule has 1 aromatic carbocycles. The van der Waals surface area contributed by atoms with Crippen molar-refractivity contribution in [1.82, 2.24) is 4.90 Å². The van der Waals surface area contributed by atoms with E-state index >= 15 is 0 Å². The molecule has 1 aliphatic heterocycles. The lowest BCUT2D eigenvalue weighted by Crippen LogP contribution is -2.29. The van der Waals surface area contributed by atoms with Crippen molar-refractivity contribution in [3.8, 4) is 5.75 Å². The predicted molar refractivity (Wildman–Crippen MR) is 77.8 cm³/mol. The van der Waals surface area contributed by atoms with Gasteiger partial charge in [0.15, 0.2) is 0 Å². The Bertz CT molecular complexity index is 585. The SMILES string of the molecule is COc1ccc2oc(CN3CCCCC3)c(CO)c2c1. The summed E-state index contributed by atoms with van der Waals surface area (Å²) in [6.07, 6.45) is 3.83. The number of likely N-dealkylation sites (tertiary alicyclic amines) is 1. The first-order valence-electron chi connectivity index (χ1n) is 7.23. The molecule has 108 valence electrons. The highest BCUT2D eigenvalue weighted by Gasteiger charge is 2.18. The molecule has 0 spiro atoms. The summed E-state index contributed by atoms with van der Waals surface area (Å²) in [6, 6.07) is 5.73. The van der Waals surface area contributed by atoms with Crippen LogP contribution >= 0.6 is 0 Å². The quantitative estimate of drug-likeness (QED) is 0.932. The Hall–Kier alpha value is -1.52. The Morgan fingerprint density at radius 3 is 2.75 bits per heavy atom. The first kappa shape index (κ1) is 13.5. The monoisotopic (exact) mass is 275 g/mol. The van der Waals surface area contributed by atoms with E-state index in [0.29, 0.717) is 0 Å². The molecule has 2 heterocycles. The highest BCUT2D eigenvalue weighted by molar-refractivity contribution is 5.83. The topological polar surface area (TPSA) is 45.8 Å². The van der Waals surface area contributed by atoms with Gasteiger partial charge in [-0.3, -0.25) is 4.90 Å². The normalized spacial score (nSPS) is 16.7. The summed E-state index contributed by atoms with van der Waals surface area (Å²) in [6.45, 7) is 3.02. The van der Waals surface area contributed by atoms with Gasteiger partial charge in [-0.05, 0) is 44.1 Å². The Kier molecular flexibility index (Phi) is 3.94. The van der Waals surface area contributed by atoms with Gasteiger partial charge in [0, 0.05) is 10.9 Å². The van der Waals surface area contributed by atoms with Crippen molar-refractivity contribution < 1.29 is 14.3 Å². The van der Waals surface area contributed by atoms with Crippen molar-refractivity contribution in [3.63, 3.8) is 0 Å². The number of fused-ring (bicyclic) bond motifs is 1. The molecule has 1 N–H and O–H groups in total. The molecule has 0 unspecified atom stereocenters. The molecular formula is C16H21NO3. The minimum absolute atomic E-state index is 0.00331. The summed E-state index contributed by atoms with van der Waals surface area (Å²) < 4.78 is 11.2. The molecule has 0 saturated carbocycles. The number of hydrogen-bond donors (Lipinski definition) is 1. The standard InChI is InChI=1S/C16H21NO3/c1-19-12-5-6-15-13(9-12)14(11-18)16(20-15)10-17-7-3-2-4-8-17/h5-6,9,18H,2-4,7-8,10-11H2,1H3. The smallest absolute Gasteiger partial charge is 0.135 e. The molecule has 1 aliphatic rings. The molecule has 1 saturated heterocycles. The molecule has 0 radical (unpaired) electrons. The van der Waals surface area contributed by atoms with Gasteiger partial charge in [0.05, 0.1) is 20.3 Å². The van der Waals surface area contributed by atoms with Crippen LogP contribution in [-0.2, 0) is 13.2 Å². The predicted octanol–water partition coefficient (Wildman–Crippen LogP) is 2.92. The van der Waals surface area contributed by atoms with E-state index in [0.717, 1.165) is 47.7 Å². The third-order valence-corrected chi connectivity index (χ3v) is 4.06. The van der Waals surface area contributed by atoms with Crippen LogP contribution in [0.2, 0.25) is 0 Å². The fourth-order valence-corrected chi connectivity index (χ4v) is 2.93. The zero-order chi connectivity index (χ0) is 13.9. The van der Waals surface area contributed by atoms with Crippen molar-refractivity contribution in [2.75, 3.05) is 20.2 Å². The number of hydrogen-bond acceptors (Lipinski definition) is 4. The number of rotatable bonds is 4. The minimum atomic E-state index is 0.00331. The lowest BCUT2D eigenvalue weighted by molar-refractivity contribution is 0.202. The number of ether oxygens (including phenoxy) is 1. The van der Waals surface area contributed by atoms with Gasteiger partial charge in [-0.2, -0.15) is 0 Å². The molecule has 0 aliphatic carbocycles. The van der Waals surface area contributed by atoms with E-state index in [4.69, 9.17) is 9.15 Å². The van der Waals surface area contributed by atoms with Crippen molar-refractivity contribution in [1.29, 1.82) is 0 Å². The zero-order valence-corrected chi connectivity index (χ0v) is 11.9. The van der Waals surface area contributed by atoms with Gasteiger partial charge >= 0.3 is 0 Å². The van der Waals surface area contributed by atoms with Crippen LogP contribution in [0.25, 0.3) is 11.0 Å². The van der Waals surface area contributed by atoms with E-state index in [1.165, 1.54) is 19.3 Å². The number of methoxy groups -OCH3 is 1. The highest BCUT2D eigenvalue weighted by Crippen LogP contribution is 2.30. The molecule has 20 heavy (non-hydrogen) atoms. The van der Waals surface area contributed by atoms with Gasteiger partial charge < -0.3 is 14.3 Å². The second-order valence-electron chi connectivity index (χ2n) is 5.36. The first-order chi connectivity index (χ1) is 9.81. The van der Waals surface area contributed by atoms with Crippen molar-refractivity contribution >= 4 is 11.0 Å². The second kappa shape index (κ2) is 5.85. The van der Waals surface area contributed by atoms with Crippen LogP contribution in [0, 0.1) is 0 Å². The molecule has 0 atom stereocenters. The number of piperidine rings is 1. The van der Waals surface area contributed by atoms with Crippen molar-refractivity contribution in [3.05, 3.63) is 29.5 Å². The summed E-state index contributed by atoms with van der Waals surface area (Å²) in [7, 11) is 1.65. The van der Waals surface area contributed by atoms with E-state index in [2.05, 4.69) is 4.90 Å². The van der Waals surface area contributed by atoms with E-state index < -0.39 is 0 Å². The molecule has 2 aromatic rings. The average molecular weight is 275 g/mol. The number of furan rings is 1. The fraction of sp³-hybridized carbons (Fsp3) is 0.500. The molecule has 0 amide bonds. The molecule has 1 fully saturated rings. The van der Waals surface area contributed by atoms with Crippen LogP contribution in [0.5, 0.6) is 5.75 Å². The van der Waals surface area contributed by atoms with Gasteiger partial charge in [-0.15, -0.1) is 0 Å². The van der Waals surface area contributed by atoms with Gasteiger partial charge in [-0.1, -0.05) is 6.42 Å². The molecule has 4 nitrogen and oxygen atoms in total. The molecular weight excluding hydrogens is 254 g/mol. The number of nitrogens with zero attached hydrogens (tertiary/aromatic N) is 1. The van der Waals surface area contributed by atoms with E-state index in [1.807, 2.05) is 18.2 Å². The van der Waals surface area contributed by atoms with E-state index in [1.54, 1.807) is 7.11 Å². The average Bonchev–Trinajstić information content (AvgIpc) is 2.84. The third kappa shape index (κ3) is 2.53. The zero-order valence-electron chi connectivity index (χ0n) is 11.9. The largest absolute Gasteiger partial charge is 0.497 e. The second-order valence-corrected chi connectivity index (χ2v) is 5.36. The molecule has 3 rings (SSSR count). The number of aliphatic hydroxyl groups is 1. The first-order valence-corrected chi connectivity index (χ1v) is 7.23. The summed E-state index contributed by atoms with van der Waals surface area (Å²) in [4.78, 5) is 2.40. The number of benzene rings is 1.